The second-order valence-electron chi connectivity index (χ2n) is 7.23. The smallest absolute Gasteiger partial charge is 0.341 e. The average molecular weight is 452 g/mol. The highest BCUT2D eigenvalue weighted by Crippen LogP contribution is 2.50. The van der Waals surface area contributed by atoms with Crippen molar-refractivity contribution >= 4 is 18.0 Å². The molecule has 8 nitrogen and oxygen atoms in total. The molecule has 3 N–H and O–H groups in total. The largest absolute Gasteiger partial charge is 0.507 e. The van der Waals surface area contributed by atoms with Gasteiger partial charge in [-0.05, 0) is 37.1 Å². The molecule has 1 aliphatic rings. The highest BCUT2D eigenvalue weighted by atomic mass is 16.5. The van der Waals surface area contributed by atoms with Crippen LogP contribution in [0, 0.1) is 0 Å². The summed E-state index contributed by atoms with van der Waals surface area (Å²) in [6.07, 6.45) is 5.73. The lowest BCUT2D eigenvalue weighted by Crippen LogP contribution is -2.14. The molecule has 0 spiro atoms. The van der Waals surface area contributed by atoms with Crippen molar-refractivity contribution < 1.29 is 39.1 Å². The summed E-state index contributed by atoms with van der Waals surface area (Å²) in [6.45, 7) is 6.79. The summed E-state index contributed by atoms with van der Waals surface area (Å²) in [4.78, 5) is 22.9. The molecular weight excluding hydrogens is 428 g/mol. The number of fused-ring (bicyclic) bond motifs is 1. The molecule has 3 rings (SSSR count). The van der Waals surface area contributed by atoms with Crippen molar-refractivity contribution in [3.8, 4) is 28.7 Å². The molecule has 33 heavy (non-hydrogen) atoms. The van der Waals surface area contributed by atoms with Crippen molar-refractivity contribution in [2.75, 3.05) is 13.7 Å². The van der Waals surface area contributed by atoms with Gasteiger partial charge in [0.1, 0.15) is 29.3 Å². The fourth-order valence-electron chi connectivity index (χ4n) is 3.67. The predicted octanol–water partition coefficient (Wildman–Crippen LogP) is 3.74. The third kappa shape index (κ3) is 4.55. The van der Waals surface area contributed by atoms with Gasteiger partial charge < -0.3 is 34.3 Å². The molecule has 1 atom stereocenters. The number of phenols is 2. The normalized spacial score (nSPS) is 14.3. The van der Waals surface area contributed by atoms with Crippen molar-refractivity contribution in [2.24, 2.45) is 0 Å². The number of carbonyl (C=O) groups is 2. The lowest BCUT2D eigenvalue weighted by Gasteiger charge is -2.27. The lowest BCUT2D eigenvalue weighted by molar-refractivity contribution is -0.139. The zero-order valence-corrected chi connectivity index (χ0v) is 18.0. The summed E-state index contributed by atoms with van der Waals surface area (Å²) in [5, 5.41) is 30.6. The lowest BCUT2D eigenvalue weighted by atomic mass is 9.87. The van der Waals surface area contributed by atoms with Crippen LogP contribution >= 0.6 is 0 Å². The van der Waals surface area contributed by atoms with Crippen molar-refractivity contribution in [3.05, 3.63) is 71.8 Å². The van der Waals surface area contributed by atoms with Gasteiger partial charge in [-0.15, -0.1) is 13.2 Å². The molecule has 0 aliphatic carbocycles. The van der Waals surface area contributed by atoms with E-state index in [0.29, 0.717) is 23.2 Å². The first kappa shape index (κ1) is 23.5. The maximum atomic E-state index is 12.0. The molecule has 0 saturated carbocycles. The molecule has 1 aliphatic heterocycles. The Kier molecular flexibility index (Phi) is 7.07. The Hall–Kier alpha value is -4.20. The molecule has 0 radical (unpaired) electrons. The van der Waals surface area contributed by atoms with E-state index in [1.807, 2.05) is 0 Å². The zero-order chi connectivity index (χ0) is 24.1. The number of aliphatic carboxylic acids is 1. The average Bonchev–Trinajstić information content (AvgIpc) is 2.81. The number of rotatable bonds is 10. The summed E-state index contributed by atoms with van der Waals surface area (Å²) in [6, 6.07) is 4.76. The van der Waals surface area contributed by atoms with Gasteiger partial charge in [-0.25, -0.2) is 4.79 Å². The molecule has 1 unspecified atom stereocenters. The first-order valence-corrected chi connectivity index (χ1v) is 10.0. The van der Waals surface area contributed by atoms with Gasteiger partial charge in [0, 0.05) is 16.7 Å². The number of aromatic hydroxyl groups is 2. The van der Waals surface area contributed by atoms with Gasteiger partial charge in [0.25, 0.3) is 0 Å². The van der Waals surface area contributed by atoms with Crippen molar-refractivity contribution in [1.29, 1.82) is 0 Å². The van der Waals surface area contributed by atoms with Crippen molar-refractivity contribution in [3.63, 3.8) is 0 Å². The topological polar surface area (TPSA) is 123 Å². The molecular formula is C25H24O8. The number of carboxylic acid groups (broad SMARTS) is 1. The number of hydrogen-bond acceptors (Lipinski definition) is 7. The SMILES string of the molecule is C=CCc1c(O)c(CC=C)c2c(c1O)C(C=O)C=C(c1ccc(OC)c(OCC(=O)O)c1)O2. The van der Waals surface area contributed by atoms with Crippen LogP contribution in [0.25, 0.3) is 5.76 Å². The number of phenolic OH excluding ortho intramolecular Hbond substituents is 2. The van der Waals surface area contributed by atoms with E-state index < -0.39 is 18.5 Å². The van der Waals surface area contributed by atoms with E-state index in [9.17, 15) is 19.8 Å². The standard InChI is InChI=1S/C25H24O8/c1-4-6-16-23(29)17(7-5-2)25-22(24(16)30)15(12-26)11-19(33-25)14-8-9-18(31-3)20(10-14)32-13-21(27)28/h4-5,8-12,15,29-30H,1-2,6-7,13H2,3H3,(H,27,28). The molecule has 0 aromatic heterocycles. The fourth-order valence-corrected chi connectivity index (χ4v) is 3.67. The summed E-state index contributed by atoms with van der Waals surface area (Å²) >= 11 is 0. The van der Waals surface area contributed by atoms with E-state index in [1.54, 1.807) is 18.2 Å². The fraction of sp³-hybridized carbons (Fsp3) is 0.200. The van der Waals surface area contributed by atoms with Crippen LogP contribution < -0.4 is 14.2 Å². The highest BCUT2D eigenvalue weighted by molar-refractivity contribution is 5.82. The molecule has 2 aromatic rings. The number of carboxylic acids is 1. The Morgan fingerprint density at radius 2 is 1.82 bits per heavy atom. The van der Waals surface area contributed by atoms with Gasteiger partial charge in [-0.1, -0.05) is 12.2 Å². The van der Waals surface area contributed by atoms with Gasteiger partial charge >= 0.3 is 5.97 Å². The van der Waals surface area contributed by atoms with Crippen LogP contribution in [0.5, 0.6) is 28.7 Å². The van der Waals surface area contributed by atoms with Crippen LogP contribution in [0.2, 0.25) is 0 Å². The van der Waals surface area contributed by atoms with Crippen molar-refractivity contribution in [1.82, 2.24) is 0 Å². The minimum absolute atomic E-state index is 0.155. The van der Waals surface area contributed by atoms with Gasteiger partial charge in [0.2, 0.25) is 0 Å². The Bertz CT molecular complexity index is 1150. The third-order valence-electron chi connectivity index (χ3n) is 5.15. The second kappa shape index (κ2) is 9.95. The number of benzene rings is 2. The number of carbonyl (C=O) groups excluding carboxylic acids is 1. The number of allylic oxidation sites excluding steroid dienone is 3. The van der Waals surface area contributed by atoms with E-state index in [-0.39, 0.29) is 52.7 Å². The van der Waals surface area contributed by atoms with E-state index in [0.717, 1.165) is 0 Å². The number of ether oxygens (including phenoxy) is 3. The maximum Gasteiger partial charge on any atom is 0.341 e. The van der Waals surface area contributed by atoms with Crippen LogP contribution in [-0.2, 0) is 22.4 Å². The Balaban J connectivity index is 2.15. The van der Waals surface area contributed by atoms with Crippen LogP contribution in [0.3, 0.4) is 0 Å². The molecule has 0 amide bonds. The van der Waals surface area contributed by atoms with E-state index in [2.05, 4.69) is 13.2 Å². The van der Waals surface area contributed by atoms with Gasteiger partial charge in [0.15, 0.2) is 18.1 Å². The van der Waals surface area contributed by atoms with Gasteiger partial charge in [-0.2, -0.15) is 0 Å². The molecule has 0 saturated heterocycles. The van der Waals surface area contributed by atoms with Gasteiger partial charge in [-0.3, -0.25) is 0 Å². The first-order valence-electron chi connectivity index (χ1n) is 10.0. The maximum absolute atomic E-state index is 12.0. The second-order valence-corrected chi connectivity index (χ2v) is 7.23. The van der Waals surface area contributed by atoms with E-state index in [1.165, 1.54) is 25.3 Å². The Morgan fingerprint density at radius 3 is 2.42 bits per heavy atom. The number of aldehydes is 1. The molecule has 172 valence electrons. The van der Waals surface area contributed by atoms with Crippen LogP contribution in [0.15, 0.2) is 49.6 Å². The summed E-state index contributed by atoms with van der Waals surface area (Å²) in [5.41, 5.74) is 1.35. The number of methoxy groups -OCH3 is 1. The minimum atomic E-state index is -1.15. The summed E-state index contributed by atoms with van der Waals surface area (Å²) < 4.78 is 16.6. The molecule has 2 aromatic carbocycles. The zero-order valence-electron chi connectivity index (χ0n) is 18.0. The van der Waals surface area contributed by atoms with Crippen LogP contribution in [0.1, 0.15) is 28.2 Å². The van der Waals surface area contributed by atoms with Crippen LogP contribution in [-0.4, -0.2) is 41.3 Å². The molecule has 0 bridgehead atoms. The molecule has 8 heteroatoms. The molecule has 1 heterocycles. The Labute approximate surface area is 190 Å². The van der Waals surface area contributed by atoms with Crippen molar-refractivity contribution in [2.45, 2.75) is 18.8 Å². The quantitative estimate of drug-likeness (QED) is 0.368. The van der Waals surface area contributed by atoms with Gasteiger partial charge in [0.05, 0.1) is 18.6 Å². The third-order valence-corrected chi connectivity index (χ3v) is 5.15. The molecule has 0 fully saturated rings. The summed E-state index contributed by atoms with van der Waals surface area (Å²) in [5.74, 6) is -1.48. The Morgan fingerprint density at radius 1 is 1.12 bits per heavy atom. The minimum Gasteiger partial charge on any atom is -0.507 e. The number of hydrogen-bond donors (Lipinski definition) is 3. The monoisotopic (exact) mass is 452 g/mol. The summed E-state index contributed by atoms with van der Waals surface area (Å²) in [7, 11) is 1.42. The predicted molar refractivity (Wildman–Crippen MR) is 121 cm³/mol. The van der Waals surface area contributed by atoms with Crippen LogP contribution in [0.4, 0.5) is 0 Å². The first-order chi connectivity index (χ1) is 15.9. The van der Waals surface area contributed by atoms with E-state index in [4.69, 9.17) is 19.3 Å². The highest BCUT2D eigenvalue weighted by Gasteiger charge is 2.32. The van der Waals surface area contributed by atoms with E-state index >= 15 is 0 Å².